The fourth-order valence-electron chi connectivity index (χ4n) is 1.83. The highest BCUT2D eigenvalue weighted by molar-refractivity contribution is 4.86. The first-order valence-corrected chi connectivity index (χ1v) is 7.90. The van der Waals surface area contributed by atoms with Crippen molar-refractivity contribution in [2.45, 2.75) is 72.8 Å². The zero-order valence-corrected chi connectivity index (χ0v) is 13.3. The molecule has 0 spiro atoms. The van der Waals surface area contributed by atoms with E-state index < -0.39 is 0 Å². The van der Waals surface area contributed by atoms with Crippen molar-refractivity contribution < 1.29 is 0 Å². The van der Waals surface area contributed by atoms with E-state index in [1.807, 2.05) is 31.6 Å². The first kappa shape index (κ1) is 18.1. The summed E-state index contributed by atoms with van der Waals surface area (Å²) in [7, 11) is 0. The summed E-state index contributed by atoms with van der Waals surface area (Å²) in [6.07, 6.45) is 9.75. The summed E-state index contributed by atoms with van der Waals surface area (Å²) in [4.78, 5) is 0. The maximum atomic E-state index is 4.03. The Morgan fingerprint density at radius 2 is 1.74 bits per heavy atom. The number of rotatable bonds is 10. The van der Waals surface area contributed by atoms with Crippen molar-refractivity contribution in [3.05, 3.63) is 11.9 Å². The van der Waals surface area contributed by atoms with Gasteiger partial charge in [-0.3, -0.25) is 4.68 Å². The van der Waals surface area contributed by atoms with Crippen LogP contribution < -0.4 is 5.32 Å². The van der Waals surface area contributed by atoms with E-state index in [0.717, 1.165) is 18.8 Å². The van der Waals surface area contributed by atoms with Gasteiger partial charge in [-0.1, -0.05) is 45.2 Å². The van der Waals surface area contributed by atoms with Gasteiger partial charge in [-0.25, -0.2) is 0 Å². The average molecular weight is 268 g/mol. The number of hydrogen-bond donors (Lipinski definition) is 1. The second-order valence-electron chi connectivity index (χ2n) is 4.64. The highest BCUT2D eigenvalue weighted by Crippen LogP contribution is 1.98. The Kier molecular flexibility index (Phi) is 12.9. The lowest BCUT2D eigenvalue weighted by Crippen LogP contribution is -2.17. The maximum absolute atomic E-state index is 4.03. The number of hydrogen-bond acceptors (Lipinski definition) is 3. The maximum Gasteiger partial charge on any atom is 0.0796 e. The molecule has 0 bridgehead atoms. The van der Waals surface area contributed by atoms with Gasteiger partial charge in [-0.15, -0.1) is 5.10 Å². The molecule has 1 aromatic rings. The first-order valence-electron chi connectivity index (χ1n) is 7.90. The summed E-state index contributed by atoms with van der Waals surface area (Å²) in [6, 6.07) is 0. The van der Waals surface area contributed by atoms with Crippen LogP contribution in [-0.4, -0.2) is 28.1 Å². The molecule has 0 aliphatic rings. The summed E-state index contributed by atoms with van der Waals surface area (Å²) < 4.78 is 1.93. The number of aromatic nitrogens is 3. The minimum Gasteiger partial charge on any atom is -0.317 e. The molecule has 0 unspecified atom stereocenters. The molecule has 0 radical (unpaired) electrons. The molecule has 0 aliphatic carbocycles. The average Bonchev–Trinajstić information content (AvgIpc) is 2.85. The van der Waals surface area contributed by atoms with Gasteiger partial charge >= 0.3 is 0 Å². The molecule has 0 saturated heterocycles. The molecule has 0 amide bonds. The molecular weight excluding hydrogens is 236 g/mol. The Morgan fingerprint density at radius 1 is 1.05 bits per heavy atom. The van der Waals surface area contributed by atoms with Gasteiger partial charge in [0.1, 0.15) is 0 Å². The molecule has 19 heavy (non-hydrogen) atoms. The fourth-order valence-corrected chi connectivity index (χ4v) is 1.83. The predicted molar refractivity (Wildman–Crippen MR) is 82.4 cm³/mol. The number of aryl methyl sites for hydroxylation is 2. The highest BCUT2D eigenvalue weighted by Gasteiger charge is 1.95. The monoisotopic (exact) mass is 268 g/mol. The van der Waals surface area contributed by atoms with Crippen LogP contribution >= 0.6 is 0 Å². The molecule has 4 nitrogen and oxygen atoms in total. The van der Waals surface area contributed by atoms with Crippen molar-refractivity contribution in [3.8, 4) is 0 Å². The molecule has 0 saturated carbocycles. The van der Waals surface area contributed by atoms with Crippen LogP contribution in [0.15, 0.2) is 6.20 Å². The van der Waals surface area contributed by atoms with Gasteiger partial charge < -0.3 is 5.32 Å². The van der Waals surface area contributed by atoms with Crippen LogP contribution in [0.2, 0.25) is 0 Å². The van der Waals surface area contributed by atoms with Crippen LogP contribution in [-0.2, 0) is 6.54 Å². The normalized spacial score (nSPS) is 10.1. The quantitative estimate of drug-likeness (QED) is 0.660. The Morgan fingerprint density at radius 3 is 2.32 bits per heavy atom. The van der Waals surface area contributed by atoms with Gasteiger partial charge in [-0.2, -0.15) is 0 Å². The van der Waals surface area contributed by atoms with E-state index >= 15 is 0 Å². The van der Waals surface area contributed by atoms with Crippen molar-refractivity contribution in [3.63, 3.8) is 0 Å². The van der Waals surface area contributed by atoms with E-state index in [-0.39, 0.29) is 0 Å². The Hall–Kier alpha value is -0.900. The largest absolute Gasteiger partial charge is 0.317 e. The standard InChI is InChI=1S/C13H26N4.C2H6/c1-3-4-5-6-9-14-10-7-8-11-17-12-13(2)15-16-17;1-2/h12,14H,3-11H2,1-2H3;1-2H3. The van der Waals surface area contributed by atoms with E-state index in [9.17, 15) is 0 Å². The molecule has 0 fully saturated rings. The molecular formula is C15H32N4. The fraction of sp³-hybridized carbons (Fsp3) is 0.867. The van der Waals surface area contributed by atoms with E-state index in [0.29, 0.717) is 0 Å². The lowest BCUT2D eigenvalue weighted by molar-refractivity contribution is 0.516. The molecule has 1 heterocycles. The molecule has 4 heteroatoms. The van der Waals surface area contributed by atoms with Gasteiger partial charge in [-0.05, 0) is 39.3 Å². The van der Waals surface area contributed by atoms with Crippen LogP contribution in [0.3, 0.4) is 0 Å². The van der Waals surface area contributed by atoms with Gasteiger partial charge in [0.25, 0.3) is 0 Å². The van der Waals surface area contributed by atoms with E-state index in [1.165, 1.54) is 45.1 Å². The van der Waals surface area contributed by atoms with Crippen LogP contribution in [0.1, 0.15) is 65.0 Å². The molecule has 0 aliphatic heterocycles. The van der Waals surface area contributed by atoms with Crippen molar-refractivity contribution >= 4 is 0 Å². The lowest BCUT2D eigenvalue weighted by Gasteiger charge is -2.04. The molecule has 1 N–H and O–H groups in total. The zero-order chi connectivity index (χ0) is 14.3. The number of nitrogens with zero attached hydrogens (tertiary/aromatic N) is 3. The summed E-state index contributed by atoms with van der Waals surface area (Å²) in [5, 5.41) is 11.5. The van der Waals surface area contributed by atoms with E-state index in [1.54, 1.807) is 0 Å². The Balaban J connectivity index is 0.00000154. The third kappa shape index (κ3) is 10.7. The number of unbranched alkanes of at least 4 members (excludes halogenated alkanes) is 4. The summed E-state index contributed by atoms with van der Waals surface area (Å²) >= 11 is 0. The van der Waals surface area contributed by atoms with Gasteiger partial charge in [0.05, 0.1) is 5.69 Å². The smallest absolute Gasteiger partial charge is 0.0796 e. The third-order valence-electron chi connectivity index (χ3n) is 2.85. The lowest BCUT2D eigenvalue weighted by atomic mass is 10.2. The van der Waals surface area contributed by atoms with Crippen LogP contribution in [0.25, 0.3) is 0 Å². The highest BCUT2D eigenvalue weighted by atomic mass is 15.4. The van der Waals surface area contributed by atoms with Crippen molar-refractivity contribution in [2.24, 2.45) is 0 Å². The SMILES string of the molecule is CC.CCCCCCNCCCCn1cc(C)nn1. The van der Waals surface area contributed by atoms with Crippen LogP contribution in [0, 0.1) is 6.92 Å². The number of nitrogens with one attached hydrogen (secondary N) is 1. The summed E-state index contributed by atoms with van der Waals surface area (Å²) in [5.74, 6) is 0. The Bertz CT molecular complexity index is 283. The topological polar surface area (TPSA) is 42.7 Å². The van der Waals surface area contributed by atoms with E-state index in [2.05, 4.69) is 22.6 Å². The molecule has 0 atom stereocenters. The van der Waals surface area contributed by atoms with Crippen LogP contribution in [0.4, 0.5) is 0 Å². The molecule has 112 valence electrons. The molecule has 0 aromatic carbocycles. The van der Waals surface area contributed by atoms with Crippen molar-refractivity contribution in [2.75, 3.05) is 13.1 Å². The van der Waals surface area contributed by atoms with Crippen molar-refractivity contribution in [1.29, 1.82) is 0 Å². The second kappa shape index (κ2) is 13.5. The molecule has 1 rings (SSSR count). The van der Waals surface area contributed by atoms with E-state index in [4.69, 9.17) is 0 Å². The summed E-state index contributed by atoms with van der Waals surface area (Å²) in [5.41, 5.74) is 0.999. The van der Waals surface area contributed by atoms with Gasteiger partial charge in [0.2, 0.25) is 0 Å². The minimum absolute atomic E-state index is 0.984. The van der Waals surface area contributed by atoms with Crippen LogP contribution in [0.5, 0.6) is 0 Å². The Labute approximate surface area is 119 Å². The summed E-state index contributed by atoms with van der Waals surface area (Å²) in [6.45, 7) is 11.5. The first-order chi connectivity index (χ1) is 9.33. The second-order valence-corrected chi connectivity index (χ2v) is 4.64. The molecule has 1 aromatic heterocycles. The third-order valence-corrected chi connectivity index (χ3v) is 2.85. The predicted octanol–water partition coefficient (Wildman–Crippen LogP) is 3.56. The zero-order valence-electron chi connectivity index (χ0n) is 13.3. The van der Waals surface area contributed by atoms with Gasteiger partial charge in [0.15, 0.2) is 0 Å². The minimum atomic E-state index is 0.984. The van der Waals surface area contributed by atoms with Gasteiger partial charge in [0, 0.05) is 12.7 Å². The van der Waals surface area contributed by atoms with Crippen molar-refractivity contribution in [1.82, 2.24) is 20.3 Å².